The Balaban J connectivity index is 0.000000703. The molecule has 0 heterocycles. The maximum atomic E-state index is 13.4. The highest BCUT2D eigenvalue weighted by atomic mass is 35.5. The zero-order chi connectivity index (χ0) is 23.8. The van der Waals surface area contributed by atoms with Gasteiger partial charge in [-0.1, -0.05) is 78.1 Å². The second-order valence-corrected chi connectivity index (χ2v) is 7.57. The Morgan fingerprint density at radius 1 is 1.06 bits per heavy atom. The highest BCUT2D eigenvalue weighted by Crippen LogP contribution is 2.41. The molecular weight excluding hydrogens is 474 g/mol. The monoisotopic (exact) mass is 493 g/mol. The molecule has 0 aliphatic rings. The predicted molar refractivity (Wildman–Crippen MR) is 120 cm³/mol. The van der Waals surface area contributed by atoms with Gasteiger partial charge in [0.15, 0.2) is 5.78 Å². The number of ketones is 1. The summed E-state index contributed by atoms with van der Waals surface area (Å²) in [5.41, 5.74) is 0.912. The molecule has 1 amide bonds. The molecule has 2 aromatic rings. The molecule has 1 atom stereocenters. The van der Waals surface area contributed by atoms with Crippen LogP contribution < -0.4 is 5.32 Å². The Kier molecular flexibility index (Phi) is 10.6. The maximum absolute atomic E-state index is 13.4. The number of nitrogens with one attached hydrogen (secondary N) is 1. The Bertz CT molecular complexity index is 913. The zero-order valence-electron chi connectivity index (χ0n) is 17.0. The molecule has 31 heavy (non-hydrogen) atoms. The first-order valence-corrected chi connectivity index (χ1v) is 10.2. The number of rotatable bonds is 5. The predicted octanol–water partition coefficient (Wildman–Crippen LogP) is 7.35. The molecule has 0 aliphatic carbocycles. The number of hydrogen-bond acceptors (Lipinski definition) is 2. The van der Waals surface area contributed by atoms with Crippen molar-refractivity contribution < 1.29 is 22.8 Å². The van der Waals surface area contributed by atoms with E-state index in [0.717, 1.165) is 18.2 Å². The van der Waals surface area contributed by atoms with Gasteiger partial charge in [-0.2, -0.15) is 13.2 Å². The molecule has 0 saturated heterocycles. The average Bonchev–Trinajstić information content (AvgIpc) is 2.71. The lowest BCUT2D eigenvalue weighted by molar-refractivity contribution is -0.139. The van der Waals surface area contributed by atoms with Crippen LogP contribution in [0.25, 0.3) is 6.08 Å². The summed E-state index contributed by atoms with van der Waals surface area (Å²) in [6.45, 7) is 3.23. The number of amides is 1. The van der Waals surface area contributed by atoms with E-state index in [-0.39, 0.29) is 32.3 Å². The van der Waals surface area contributed by atoms with E-state index in [1.807, 2.05) is 6.92 Å². The molecule has 2 rings (SSSR count). The topological polar surface area (TPSA) is 46.2 Å². The SMILES string of the molecule is CC(=O)c1ccc(/C=C/C(c2cc(Cl)c(Cl)c(Cl)c2)C(F)(F)F)cc1.CCC(=O)NC. The van der Waals surface area contributed by atoms with Crippen LogP contribution in [0.4, 0.5) is 13.2 Å². The quantitative estimate of drug-likeness (QED) is 0.349. The van der Waals surface area contributed by atoms with E-state index < -0.39 is 12.1 Å². The summed E-state index contributed by atoms with van der Waals surface area (Å²) in [6.07, 6.45) is -1.61. The highest BCUT2D eigenvalue weighted by Gasteiger charge is 2.39. The fourth-order valence-electron chi connectivity index (χ4n) is 2.38. The summed E-state index contributed by atoms with van der Waals surface area (Å²) in [5.74, 6) is -1.92. The normalized spacial score (nSPS) is 12.2. The third kappa shape index (κ3) is 8.56. The Morgan fingerprint density at radius 3 is 1.94 bits per heavy atom. The summed E-state index contributed by atoms with van der Waals surface area (Å²) in [7, 11) is 1.63. The Morgan fingerprint density at radius 2 is 1.58 bits per heavy atom. The maximum Gasteiger partial charge on any atom is 0.399 e. The van der Waals surface area contributed by atoms with Gasteiger partial charge in [0.1, 0.15) is 0 Å². The van der Waals surface area contributed by atoms with E-state index in [9.17, 15) is 22.8 Å². The third-order valence-corrected chi connectivity index (χ3v) is 5.31. The highest BCUT2D eigenvalue weighted by molar-refractivity contribution is 6.48. The molecule has 9 heteroatoms. The molecule has 0 saturated carbocycles. The first kappa shape index (κ1) is 27.0. The minimum absolute atomic E-state index is 0.0109. The molecule has 2 aromatic carbocycles. The van der Waals surface area contributed by atoms with Gasteiger partial charge in [-0.05, 0) is 30.2 Å². The number of halogens is 6. The van der Waals surface area contributed by atoms with Gasteiger partial charge in [0.25, 0.3) is 0 Å². The van der Waals surface area contributed by atoms with Crippen LogP contribution in [-0.4, -0.2) is 24.9 Å². The molecule has 0 bridgehead atoms. The Hall–Kier alpha value is -2.02. The smallest absolute Gasteiger partial charge is 0.359 e. The summed E-state index contributed by atoms with van der Waals surface area (Å²) in [6, 6.07) is 8.56. The standard InChI is InChI=1S/C18H12Cl3F3O.C4H9NO/c1-10(25)12-5-2-11(3-6-12)4-7-14(18(22,23)24)13-8-15(19)17(21)16(20)9-13;1-3-4(6)5-2/h2-9,14H,1H3;3H2,1-2H3,(H,5,6)/b7-4+;. The van der Waals surface area contributed by atoms with Crippen LogP contribution in [0.5, 0.6) is 0 Å². The van der Waals surface area contributed by atoms with Crippen molar-refractivity contribution in [3.05, 3.63) is 74.2 Å². The van der Waals surface area contributed by atoms with Crippen molar-refractivity contribution in [1.82, 2.24) is 5.32 Å². The number of hydrogen-bond donors (Lipinski definition) is 1. The van der Waals surface area contributed by atoms with Crippen molar-refractivity contribution in [2.75, 3.05) is 7.05 Å². The zero-order valence-corrected chi connectivity index (χ0v) is 19.3. The van der Waals surface area contributed by atoms with Crippen LogP contribution in [0.2, 0.25) is 15.1 Å². The van der Waals surface area contributed by atoms with Crippen molar-refractivity contribution >= 4 is 52.6 Å². The minimum atomic E-state index is -4.53. The first-order chi connectivity index (χ1) is 14.4. The van der Waals surface area contributed by atoms with Crippen molar-refractivity contribution in [2.24, 2.45) is 0 Å². The van der Waals surface area contributed by atoms with Crippen LogP contribution in [0.3, 0.4) is 0 Å². The molecule has 1 N–H and O–H groups in total. The van der Waals surface area contributed by atoms with Gasteiger partial charge in [-0.25, -0.2) is 0 Å². The molecule has 0 fully saturated rings. The van der Waals surface area contributed by atoms with E-state index in [2.05, 4.69) is 5.32 Å². The van der Waals surface area contributed by atoms with Crippen LogP contribution in [0.1, 0.15) is 47.7 Å². The van der Waals surface area contributed by atoms with E-state index >= 15 is 0 Å². The molecular formula is C22H21Cl3F3NO2. The van der Waals surface area contributed by atoms with E-state index in [4.69, 9.17) is 34.8 Å². The molecule has 0 radical (unpaired) electrons. The largest absolute Gasteiger partial charge is 0.399 e. The fraction of sp³-hybridized carbons (Fsp3) is 0.273. The number of Topliss-reactive ketones (excluding diaryl/α,β-unsaturated/α-hetero) is 1. The van der Waals surface area contributed by atoms with E-state index in [1.54, 1.807) is 31.3 Å². The van der Waals surface area contributed by atoms with Gasteiger partial charge in [-0.15, -0.1) is 0 Å². The van der Waals surface area contributed by atoms with E-state index in [1.165, 1.54) is 13.0 Å². The lowest BCUT2D eigenvalue weighted by Gasteiger charge is -2.18. The third-order valence-electron chi connectivity index (χ3n) is 4.12. The van der Waals surface area contributed by atoms with Gasteiger partial charge in [0.05, 0.1) is 21.0 Å². The number of benzene rings is 2. The van der Waals surface area contributed by atoms with Gasteiger partial charge < -0.3 is 5.32 Å². The second-order valence-electron chi connectivity index (χ2n) is 6.38. The molecule has 168 valence electrons. The molecule has 1 unspecified atom stereocenters. The lowest BCUT2D eigenvalue weighted by Crippen LogP contribution is -2.19. The van der Waals surface area contributed by atoms with Crippen LogP contribution in [0, 0.1) is 0 Å². The summed E-state index contributed by atoms with van der Waals surface area (Å²) < 4.78 is 40.3. The van der Waals surface area contributed by atoms with E-state index in [0.29, 0.717) is 17.5 Å². The summed E-state index contributed by atoms with van der Waals surface area (Å²) in [4.78, 5) is 21.3. The number of carbonyl (C=O) groups excluding carboxylic acids is 2. The van der Waals surface area contributed by atoms with Crippen LogP contribution in [-0.2, 0) is 4.79 Å². The molecule has 3 nitrogen and oxygen atoms in total. The molecule has 0 spiro atoms. The summed E-state index contributed by atoms with van der Waals surface area (Å²) >= 11 is 17.5. The van der Waals surface area contributed by atoms with Crippen molar-refractivity contribution in [3.8, 4) is 0 Å². The molecule has 0 aromatic heterocycles. The van der Waals surface area contributed by atoms with Crippen LogP contribution >= 0.6 is 34.8 Å². The van der Waals surface area contributed by atoms with Crippen LogP contribution in [0.15, 0.2) is 42.5 Å². The summed E-state index contributed by atoms with van der Waals surface area (Å²) in [5, 5.41) is 2.40. The average molecular weight is 495 g/mol. The Labute approximate surface area is 194 Å². The van der Waals surface area contributed by atoms with Gasteiger partial charge in [0.2, 0.25) is 5.91 Å². The van der Waals surface area contributed by atoms with Crippen molar-refractivity contribution in [3.63, 3.8) is 0 Å². The van der Waals surface area contributed by atoms with Gasteiger partial charge >= 0.3 is 6.18 Å². The second kappa shape index (κ2) is 12.1. The van der Waals surface area contributed by atoms with Gasteiger partial charge in [0, 0.05) is 19.0 Å². The number of alkyl halides is 3. The van der Waals surface area contributed by atoms with Gasteiger partial charge in [-0.3, -0.25) is 9.59 Å². The minimum Gasteiger partial charge on any atom is -0.359 e. The fourth-order valence-corrected chi connectivity index (χ4v) is 2.99. The number of carbonyl (C=O) groups is 2. The van der Waals surface area contributed by atoms with Crippen molar-refractivity contribution in [1.29, 1.82) is 0 Å². The number of allylic oxidation sites excluding steroid dienone is 1. The lowest BCUT2D eigenvalue weighted by atomic mass is 9.97. The van der Waals surface area contributed by atoms with Crippen molar-refractivity contribution in [2.45, 2.75) is 32.4 Å². The first-order valence-electron chi connectivity index (χ1n) is 9.11. The molecule has 0 aliphatic heterocycles.